The van der Waals surface area contributed by atoms with Gasteiger partial charge in [-0.25, -0.2) is 4.98 Å². The zero-order chi connectivity index (χ0) is 18.7. The molecule has 1 heterocycles. The van der Waals surface area contributed by atoms with E-state index in [2.05, 4.69) is 23.6 Å². The molecule has 0 aliphatic rings. The summed E-state index contributed by atoms with van der Waals surface area (Å²) >= 11 is 0. The fraction of sp³-hybridized carbons (Fsp3) is 0.333. The van der Waals surface area contributed by atoms with E-state index in [0.717, 1.165) is 41.1 Å². The Bertz CT molecular complexity index is 911. The number of ether oxygens (including phenoxy) is 1. The fourth-order valence-corrected chi connectivity index (χ4v) is 2.94. The molecule has 0 bridgehead atoms. The molecule has 0 aliphatic carbocycles. The number of aryl methyl sites for hydroxylation is 1. The Morgan fingerprint density at radius 3 is 2.54 bits per heavy atom. The largest absolute Gasteiger partial charge is 0.493 e. The van der Waals surface area contributed by atoms with Crippen LogP contribution in [0.3, 0.4) is 0 Å². The van der Waals surface area contributed by atoms with Gasteiger partial charge in [-0.05, 0) is 39.6 Å². The van der Waals surface area contributed by atoms with Crippen LogP contribution in [-0.2, 0) is 7.05 Å². The van der Waals surface area contributed by atoms with Crippen LogP contribution in [0.15, 0.2) is 42.5 Å². The molecule has 3 aromatic rings. The third-order valence-corrected chi connectivity index (χ3v) is 4.42. The van der Waals surface area contributed by atoms with E-state index in [4.69, 9.17) is 9.72 Å². The fourth-order valence-electron chi connectivity index (χ4n) is 2.94. The third-order valence-electron chi connectivity index (χ3n) is 4.42. The van der Waals surface area contributed by atoms with Crippen LogP contribution in [0.2, 0.25) is 0 Å². The van der Waals surface area contributed by atoms with Crippen LogP contribution in [0.4, 0.5) is 0 Å². The molecular formula is C21H25N3O2. The summed E-state index contributed by atoms with van der Waals surface area (Å²) in [4.78, 5) is 18.3. The number of nitrogens with zero attached hydrogens (tertiary/aromatic N) is 3. The molecule has 5 nitrogen and oxygen atoms in total. The first kappa shape index (κ1) is 18.1. The monoisotopic (exact) mass is 351 g/mol. The van der Waals surface area contributed by atoms with Crippen LogP contribution in [-0.4, -0.2) is 47.5 Å². The van der Waals surface area contributed by atoms with Crippen molar-refractivity contribution in [2.24, 2.45) is 7.05 Å². The quantitative estimate of drug-likeness (QED) is 0.480. The number of benzene rings is 2. The minimum absolute atomic E-state index is 0.0672. The van der Waals surface area contributed by atoms with Gasteiger partial charge in [-0.1, -0.05) is 24.3 Å². The van der Waals surface area contributed by atoms with Gasteiger partial charge in [0, 0.05) is 30.8 Å². The summed E-state index contributed by atoms with van der Waals surface area (Å²) in [5.74, 6) is 1.80. The van der Waals surface area contributed by atoms with E-state index in [-0.39, 0.29) is 5.78 Å². The van der Waals surface area contributed by atoms with Crippen molar-refractivity contribution in [1.29, 1.82) is 0 Å². The Labute approximate surface area is 154 Å². The van der Waals surface area contributed by atoms with Gasteiger partial charge >= 0.3 is 0 Å². The van der Waals surface area contributed by atoms with E-state index < -0.39 is 0 Å². The molecule has 26 heavy (non-hydrogen) atoms. The second-order valence-corrected chi connectivity index (χ2v) is 6.78. The summed E-state index contributed by atoms with van der Waals surface area (Å²) in [5, 5.41) is 0. The van der Waals surface area contributed by atoms with Gasteiger partial charge < -0.3 is 14.2 Å². The number of imidazole rings is 1. The Kier molecular flexibility index (Phi) is 5.38. The van der Waals surface area contributed by atoms with Gasteiger partial charge in [-0.15, -0.1) is 0 Å². The van der Waals surface area contributed by atoms with E-state index in [1.54, 1.807) is 6.92 Å². The highest BCUT2D eigenvalue weighted by molar-refractivity contribution is 5.94. The number of carbonyl (C=O) groups excluding carboxylic acids is 1. The molecular weight excluding hydrogens is 326 g/mol. The summed E-state index contributed by atoms with van der Waals surface area (Å²) in [6.07, 6.45) is 0.990. The number of aromatic nitrogens is 2. The molecule has 0 fully saturated rings. The average molecular weight is 351 g/mol. The van der Waals surface area contributed by atoms with Crippen molar-refractivity contribution < 1.29 is 9.53 Å². The van der Waals surface area contributed by atoms with Crippen molar-refractivity contribution in [3.05, 3.63) is 48.0 Å². The smallest absolute Gasteiger partial charge is 0.159 e. The van der Waals surface area contributed by atoms with Crippen LogP contribution >= 0.6 is 0 Å². The lowest BCUT2D eigenvalue weighted by molar-refractivity contribution is 0.101. The summed E-state index contributed by atoms with van der Waals surface area (Å²) in [5.41, 5.74) is 3.66. The number of Topliss-reactive ketones (excluding diaryl/α,β-unsaturated/α-hetero) is 1. The number of ketones is 1. The van der Waals surface area contributed by atoms with Crippen LogP contribution in [0.1, 0.15) is 23.7 Å². The second-order valence-electron chi connectivity index (χ2n) is 6.78. The molecule has 0 unspecified atom stereocenters. The van der Waals surface area contributed by atoms with Crippen molar-refractivity contribution >= 4 is 16.8 Å². The minimum atomic E-state index is 0.0672. The van der Waals surface area contributed by atoms with Gasteiger partial charge in [-0.3, -0.25) is 4.79 Å². The maximum atomic E-state index is 11.4. The highest BCUT2D eigenvalue weighted by Crippen LogP contribution is 2.27. The lowest BCUT2D eigenvalue weighted by Crippen LogP contribution is -2.15. The summed E-state index contributed by atoms with van der Waals surface area (Å²) in [6, 6.07) is 13.6. The van der Waals surface area contributed by atoms with E-state index in [9.17, 15) is 4.79 Å². The van der Waals surface area contributed by atoms with Crippen LogP contribution in [0.5, 0.6) is 5.75 Å². The van der Waals surface area contributed by atoms with Crippen molar-refractivity contribution in [2.45, 2.75) is 13.3 Å². The predicted molar refractivity (Wildman–Crippen MR) is 105 cm³/mol. The molecule has 0 saturated heterocycles. The Balaban J connectivity index is 1.82. The summed E-state index contributed by atoms with van der Waals surface area (Å²) in [6.45, 7) is 3.28. The van der Waals surface area contributed by atoms with Crippen molar-refractivity contribution in [2.75, 3.05) is 27.2 Å². The first-order valence-corrected chi connectivity index (χ1v) is 8.81. The lowest BCUT2D eigenvalue weighted by atomic mass is 10.1. The van der Waals surface area contributed by atoms with E-state index in [1.807, 2.05) is 49.5 Å². The molecule has 1 aromatic heterocycles. The number of hydrogen-bond acceptors (Lipinski definition) is 4. The lowest BCUT2D eigenvalue weighted by Gasteiger charge is -2.10. The SMILES string of the molecule is CC(=O)c1ccc(-c2nc3ccc(OCCCN(C)C)cc3n2C)cc1. The molecule has 0 atom stereocenters. The Morgan fingerprint density at radius 1 is 1.15 bits per heavy atom. The molecule has 2 aromatic carbocycles. The Hall–Kier alpha value is -2.66. The van der Waals surface area contributed by atoms with Crippen molar-refractivity contribution in [3.63, 3.8) is 0 Å². The van der Waals surface area contributed by atoms with Crippen LogP contribution in [0, 0.1) is 0 Å². The van der Waals surface area contributed by atoms with Gasteiger partial charge in [0.15, 0.2) is 5.78 Å². The molecule has 0 radical (unpaired) electrons. The van der Waals surface area contributed by atoms with E-state index in [1.165, 1.54) is 0 Å². The zero-order valence-corrected chi connectivity index (χ0v) is 15.8. The number of hydrogen-bond donors (Lipinski definition) is 0. The summed E-state index contributed by atoms with van der Waals surface area (Å²) in [7, 11) is 6.12. The number of fused-ring (bicyclic) bond motifs is 1. The van der Waals surface area contributed by atoms with Crippen LogP contribution < -0.4 is 4.74 Å². The molecule has 0 saturated carbocycles. The molecule has 5 heteroatoms. The van der Waals surface area contributed by atoms with Gasteiger partial charge in [0.05, 0.1) is 17.6 Å². The molecule has 0 N–H and O–H groups in total. The highest BCUT2D eigenvalue weighted by Gasteiger charge is 2.11. The first-order chi connectivity index (χ1) is 12.5. The van der Waals surface area contributed by atoms with Gasteiger partial charge in [0.25, 0.3) is 0 Å². The normalized spacial score (nSPS) is 11.3. The molecule has 3 rings (SSSR count). The molecule has 136 valence electrons. The van der Waals surface area contributed by atoms with E-state index >= 15 is 0 Å². The van der Waals surface area contributed by atoms with Crippen molar-refractivity contribution in [1.82, 2.24) is 14.5 Å². The Morgan fingerprint density at radius 2 is 1.88 bits per heavy atom. The predicted octanol–water partition coefficient (Wildman–Crippen LogP) is 3.77. The minimum Gasteiger partial charge on any atom is -0.493 e. The molecule has 0 spiro atoms. The molecule has 0 aliphatic heterocycles. The molecule has 0 amide bonds. The average Bonchev–Trinajstić information content (AvgIpc) is 2.95. The first-order valence-electron chi connectivity index (χ1n) is 8.81. The number of rotatable bonds is 7. The second kappa shape index (κ2) is 7.70. The number of carbonyl (C=O) groups is 1. The van der Waals surface area contributed by atoms with Crippen LogP contribution in [0.25, 0.3) is 22.4 Å². The van der Waals surface area contributed by atoms with Crippen molar-refractivity contribution in [3.8, 4) is 17.1 Å². The maximum absolute atomic E-state index is 11.4. The highest BCUT2D eigenvalue weighted by atomic mass is 16.5. The maximum Gasteiger partial charge on any atom is 0.159 e. The standard InChI is InChI=1S/C21H25N3O2/c1-15(25)16-6-8-17(9-7-16)21-22-19-11-10-18(14-20(19)24(21)4)26-13-5-12-23(2)3/h6-11,14H,5,12-13H2,1-4H3. The zero-order valence-electron chi connectivity index (χ0n) is 15.8. The summed E-state index contributed by atoms with van der Waals surface area (Å²) < 4.78 is 7.93. The topological polar surface area (TPSA) is 47.4 Å². The van der Waals surface area contributed by atoms with Gasteiger partial charge in [-0.2, -0.15) is 0 Å². The third kappa shape index (κ3) is 3.94. The van der Waals surface area contributed by atoms with Gasteiger partial charge in [0.2, 0.25) is 0 Å². The van der Waals surface area contributed by atoms with Gasteiger partial charge in [0.1, 0.15) is 11.6 Å². The van der Waals surface area contributed by atoms with E-state index in [0.29, 0.717) is 12.2 Å².